The molecule has 1 saturated heterocycles. The van der Waals surface area contributed by atoms with E-state index in [1.54, 1.807) is 0 Å². The van der Waals surface area contributed by atoms with Crippen molar-refractivity contribution in [3.63, 3.8) is 0 Å². The number of piperazine rings is 1. The van der Waals surface area contributed by atoms with Crippen molar-refractivity contribution in [3.05, 3.63) is 0 Å². The van der Waals surface area contributed by atoms with Crippen molar-refractivity contribution >= 4 is 0 Å². The Labute approximate surface area is 55.5 Å². The van der Waals surface area contributed by atoms with Crippen molar-refractivity contribution in [2.75, 3.05) is 26.2 Å². The van der Waals surface area contributed by atoms with E-state index in [-0.39, 0.29) is 0 Å². The van der Waals surface area contributed by atoms with Crippen LogP contribution in [0.1, 0.15) is 6.42 Å². The molecule has 0 aromatic heterocycles. The van der Waals surface area contributed by atoms with Crippen molar-refractivity contribution in [1.29, 1.82) is 0 Å². The Morgan fingerprint density at radius 3 is 3.11 bits per heavy atom. The third-order valence-corrected chi connectivity index (χ3v) is 1.71. The predicted octanol–water partition coefficient (Wildman–Crippen LogP) is -2.10. The van der Waals surface area contributed by atoms with E-state index in [4.69, 9.17) is 5.11 Å². The van der Waals surface area contributed by atoms with Crippen molar-refractivity contribution in [1.82, 2.24) is 5.32 Å². The van der Waals surface area contributed by atoms with Crippen LogP contribution in [0.15, 0.2) is 0 Å². The molecule has 3 nitrogen and oxygen atoms in total. The quantitative estimate of drug-likeness (QED) is 0.402. The summed E-state index contributed by atoms with van der Waals surface area (Å²) in [5, 5.41) is 14.2. The SMILES string of the molecule is OCC[C@@H]1C[NH2+]CCN1. The van der Waals surface area contributed by atoms with Gasteiger partial charge < -0.3 is 15.7 Å². The van der Waals surface area contributed by atoms with Crippen molar-refractivity contribution < 1.29 is 10.4 Å². The number of aliphatic hydroxyl groups excluding tert-OH is 1. The molecule has 0 aromatic carbocycles. The smallest absolute Gasteiger partial charge is 0.0912 e. The van der Waals surface area contributed by atoms with Gasteiger partial charge in [0.15, 0.2) is 0 Å². The minimum absolute atomic E-state index is 0.311. The maximum Gasteiger partial charge on any atom is 0.0912 e. The summed E-state index contributed by atoms with van der Waals surface area (Å²) in [5.41, 5.74) is 0. The molecule has 1 fully saturated rings. The van der Waals surface area contributed by atoms with Crippen LogP contribution in [-0.2, 0) is 0 Å². The minimum atomic E-state index is 0.311. The lowest BCUT2D eigenvalue weighted by Crippen LogP contribution is -2.91. The molecule has 0 unspecified atom stereocenters. The fourth-order valence-electron chi connectivity index (χ4n) is 1.17. The van der Waals surface area contributed by atoms with Gasteiger partial charge in [-0.25, -0.2) is 0 Å². The maximum atomic E-state index is 8.56. The van der Waals surface area contributed by atoms with E-state index in [9.17, 15) is 0 Å². The normalized spacial score (nSPS) is 28.3. The van der Waals surface area contributed by atoms with E-state index in [1.165, 1.54) is 6.54 Å². The highest BCUT2D eigenvalue weighted by atomic mass is 16.3. The fraction of sp³-hybridized carbons (Fsp3) is 1.00. The fourth-order valence-corrected chi connectivity index (χ4v) is 1.17. The Hall–Kier alpha value is -0.120. The Kier molecular flexibility index (Phi) is 2.97. The zero-order valence-electron chi connectivity index (χ0n) is 5.64. The molecule has 0 radical (unpaired) electrons. The van der Waals surface area contributed by atoms with E-state index < -0.39 is 0 Å². The summed E-state index contributed by atoms with van der Waals surface area (Å²) >= 11 is 0. The van der Waals surface area contributed by atoms with Crippen LogP contribution >= 0.6 is 0 Å². The van der Waals surface area contributed by atoms with Crippen LogP contribution in [0.3, 0.4) is 0 Å². The highest BCUT2D eigenvalue weighted by Gasteiger charge is 2.12. The molecule has 1 atom stereocenters. The van der Waals surface area contributed by atoms with Crippen LogP contribution in [0.5, 0.6) is 0 Å². The summed E-state index contributed by atoms with van der Waals surface area (Å²) in [6.45, 7) is 3.71. The standard InChI is InChI=1S/C6H14N2O/c9-4-1-6-5-7-2-3-8-6/h6-9H,1-5H2/p+1/t6-/m1/s1. The topological polar surface area (TPSA) is 48.9 Å². The summed E-state index contributed by atoms with van der Waals surface area (Å²) in [5.74, 6) is 0. The van der Waals surface area contributed by atoms with Crippen LogP contribution in [0.2, 0.25) is 0 Å². The lowest BCUT2D eigenvalue weighted by Gasteiger charge is -2.20. The molecule has 3 heteroatoms. The zero-order chi connectivity index (χ0) is 6.53. The first-order valence-electron chi connectivity index (χ1n) is 3.59. The number of nitrogens with two attached hydrogens (primary N) is 1. The molecule has 1 heterocycles. The number of rotatable bonds is 2. The van der Waals surface area contributed by atoms with Crippen molar-refractivity contribution in [3.8, 4) is 0 Å². The molecule has 9 heavy (non-hydrogen) atoms. The Bertz CT molecular complexity index is 68.7. The second kappa shape index (κ2) is 3.82. The van der Waals surface area contributed by atoms with Gasteiger partial charge in [0.25, 0.3) is 0 Å². The molecule has 0 aromatic rings. The second-order valence-corrected chi connectivity index (χ2v) is 2.48. The molecule has 4 N–H and O–H groups in total. The number of hydrogen-bond acceptors (Lipinski definition) is 2. The van der Waals surface area contributed by atoms with E-state index in [0.29, 0.717) is 12.6 Å². The molecule has 1 aliphatic heterocycles. The number of quaternary nitrogens is 1. The van der Waals surface area contributed by atoms with E-state index >= 15 is 0 Å². The van der Waals surface area contributed by atoms with E-state index in [1.807, 2.05) is 0 Å². The van der Waals surface area contributed by atoms with Gasteiger partial charge in [0.05, 0.1) is 19.1 Å². The minimum Gasteiger partial charge on any atom is -0.396 e. The van der Waals surface area contributed by atoms with Gasteiger partial charge in [-0.1, -0.05) is 0 Å². The number of hydrogen-bond donors (Lipinski definition) is 3. The third kappa shape index (κ3) is 2.30. The first-order valence-corrected chi connectivity index (χ1v) is 3.59. The van der Waals surface area contributed by atoms with Crippen LogP contribution in [0, 0.1) is 0 Å². The monoisotopic (exact) mass is 131 g/mol. The Morgan fingerprint density at radius 1 is 1.67 bits per heavy atom. The van der Waals surface area contributed by atoms with Gasteiger partial charge in [-0.15, -0.1) is 0 Å². The van der Waals surface area contributed by atoms with Gasteiger partial charge in [-0.2, -0.15) is 0 Å². The first kappa shape index (κ1) is 6.99. The highest BCUT2D eigenvalue weighted by molar-refractivity contribution is 4.65. The van der Waals surface area contributed by atoms with Crippen molar-refractivity contribution in [2.45, 2.75) is 12.5 Å². The summed E-state index contributed by atoms with van der Waals surface area (Å²) < 4.78 is 0. The molecular formula is C6H15N2O+. The van der Waals surface area contributed by atoms with Crippen LogP contribution in [-0.4, -0.2) is 37.4 Å². The highest BCUT2D eigenvalue weighted by Crippen LogP contribution is 1.87. The molecule has 0 saturated carbocycles. The summed E-state index contributed by atoms with van der Waals surface area (Å²) in [6.07, 6.45) is 0.899. The Morgan fingerprint density at radius 2 is 2.56 bits per heavy atom. The molecule has 0 aliphatic carbocycles. The molecule has 0 amide bonds. The lowest BCUT2D eigenvalue weighted by atomic mass is 10.2. The average molecular weight is 131 g/mol. The molecule has 1 rings (SSSR count). The van der Waals surface area contributed by atoms with Crippen LogP contribution < -0.4 is 10.6 Å². The maximum absolute atomic E-state index is 8.56. The van der Waals surface area contributed by atoms with Crippen molar-refractivity contribution in [2.24, 2.45) is 0 Å². The number of aliphatic hydroxyl groups is 1. The third-order valence-electron chi connectivity index (χ3n) is 1.71. The second-order valence-electron chi connectivity index (χ2n) is 2.48. The zero-order valence-corrected chi connectivity index (χ0v) is 5.64. The van der Waals surface area contributed by atoms with E-state index in [0.717, 1.165) is 19.5 Å². The lowest BCUT2D eigenvalue weighted by molar-refractivity contribution is -0.662. The molecular weight excluding hydrogens is 116 g/mol. The van der Waals surface area contributed by atoms with Crippen LogP contribution in [0.4, 0.5) is 0 Å². The van der Waals surface area contributed by atoms with Gasteiger partial charge in [-0.05, 0) is 6.42 Å². The summed E-state index contributed by atoms with van der Waals surface area (Å²) in [4.78, 5) is 0. The summed E-state index contributed by atoms with van der Waals surface area (Å²) in [6, 6.07) is 0.545. The van der Waals surface area contributed by atoms with Gasteiger partial charge >= 0.3 is 0 Å². The van der Waals surface area contributed by atoms with E-state index in [2.05, 4.69) is 10.6 Å². The molecule has 0 bridgehead atoms. The molecule has 0 spiro atoms. The molecule has 54 valence electrons. The first-order chi connectivity index (χ1) is 4.43. The Balaban J connectivity index is 2.08. The summed E-state index contributed by atoms with van der Waals surface area (Å²) in [7, 11) is 0. The van der Waals surface area contributed by atoms with Crippen LogP contribution in [0.25, 0.3) is 0 Å². The number of nitrogens with one attached hydrogen (secondary N) is 1. The van der Waals surface area contributed by atoms with Gasteiger partial charge in [-0.3, -0.25) is 0 Å². The van der Waals surface area contributed by atoms with Gasteiger partial charge in [0.1, 0.15) is 0 Å². The van der Waals surface area contributed by atoms with Gasteiger partial charge in [0, 0.05) is 13.2 Å². The largest absolute Gasteiger partial charge is 0.396 e. The average Bonchev–Trinajstić information content (AvgIpc) is 1.91. The van der Waals surface area contributed by atoms with Gasteiger partial charge in [0.2, 0.25) is 0 Å². The molecule has 1 aliphatic rings. The predicted molar refractivity (Wildman–Crippen MR) is 35.2 cm³/mol.